The van der Waals surface area contributed by atoms with Gasteiger partial charge in [-0.25, -0.2) is 0 Å². The molecule has 1 aliphatic rings. The summed E-state index contributed by atoms with van der Waals surface area (Å²) >= 11 is 0. The zero-order valence-electron chi connectivity index (χ0n) is 11.5. The van der Waals surface area contributed by atoms with Gasteiger partial charge in [0.15, 0.2) is 0 Å². The second kappa shape index (κ2) is 5.67. The summed E-state index contributed by atoms with van der Waals surface area (Å²) in [5, 5.41) is 10.7. The topological polar surface area (TPSA) is 45.5 Å². The van der Waals surface area contributed by atoms with E-state index < -0.39 is 0 Å². The molecule has 1 N–H and O–H groups in total. The number of aryl methyl sites for hydroxylation is 1. The van der Waals surface area contributed by atoms with Gasteiger partial charge in [0.2, 0.25) is 5.91 Å². The van der Waals surface area contributed by atoms with Crippen molar-refractivity contribution < 1.29 is 9.90 Å². The van der Waals surface area contributed by atoms with Gasteiger partial charge in [-0.05, 0) is 30.4 Å². The lowest BCUT2D eigenvalue weighted by Crippen LogP contribution is -2.40. The monoisotopic (exact) mass is 272 g/mol. The van der Waals surface area contributed by atoms with Crippen molar-refractivity contribution in [1.82, 2.24) is 9.47 Å². The Morgan fingerprint density at radius 1 is 1.20 bits per heavy atom. The number of para-hydroxylation sites is 1. The maximum absolute atomic E-state index is 12.2. The molecule has 0 bridgehead atoms. The Morgan fingerprint density at radius 3 is 2.75 bits per heavy atom. The molecule has 0 spiro atoms. The third kappa shape index (κ3) is 2.70. The van der Waals surface area contributed by atoms with Gasteiger partial charge >= 0.3 is 0 Å². The molecule has 0 unspecified atom stereocenters. The molecule has 4 nitrogen and oxygen atoms in total. The summed E-state index contributed by atoms with van der Waals surface area (Å²) in [5.74, 6) is 0.190. The minimum atomic E-state index is -0.229. The normalized spacial score (nSPS) is 16.8. The van der Waals surface area contributed by atoms with Gasteiger partial charge in [-0.3, -0.25) is 4.79 Å². The number of amides is 1. The fourth-order valence-corrected chi connectivity index (χ4v) is 2.83. The SMILES string of the molecule is O=C(CCn1ccc2ccccc21)N1CCC(O)CC1. The number of likely N-dealkylation sites (tertiary alicyclic amines) is 1. The van der Waals surface area contributed by atoms with Crippen LogP contribution in [0.25, 0.3) is 10.9 Å². The first kappa shape index (κ1) is 13.2. The summed E-state index contributed by atoms with van der Waals surface area (Å²) in [6, 6.07) is 10.3. The molecule has 1 aromatic carbocycles. The summed E-state index contributed by atoms with van der Waals surface area (Å²) < 4.78 is 2.13. The molecule has 1 aliphatic heterocycles. The number of fused-ring (bicyclic) bond motifs is 1. The smallest absolute Gasteiger partial charge is 0.224 e. The van der Waals surface area contributed by atoms with E-state index in [4.69, 9.17) is 0 Å². The Morgan fingerprint density at radius 2 is 1.95 bits per heavy atom. The van der Waals surface area contributed by atoms with Crippen LogP contribution >= 0.6 is 0 Å². The fraction of sp³-hybridized carbons (Fsp3) is 0.438. The number of carbonyl (C=O) groups excluding carboxylic acids is 1. The average molecular weight is 272 g/mol. The molecular formula is C16H20N2O2. The molecule has 3 rings (SSSR count). The van der Waals surface area contributed by atoms with Gasteiger partial charge in [-0.2, -0.15) is 0 Å². The van der Waals surface area contributed by atoms with E-state index in [0.29, 0.717) is 38.9 Å². The van der Waals surface area contributed by atoms with Crippen molar-refractivity contribution in [3.05, 3.63) is 36.5 Å². The Kier molecular flexibility index (Phi) is 3.74. The average Bonchev–Trinajstić information content (AvgIpc) is 2.89. The zero-order valence-corrected chi connectivity index (χ0v) is 11.5. The Bertz CT molecular complexity index is 597. The molecule has 20 heavy (non-hydrogen) atoms. The van der Waals surface area contributed by atoms with E-state index in [2.05, 4.69) is 22.8 Å². The number of aliphatic hydroxyl groups excluding tert-OH is 1. The van der Waals surface area contributed by atoms with Crippen molar-refractivity contribution in [2.75, 3.05) is 13.1 Å². The lowest BCUT2D eigenvalue weighted by molar-refractivity contribution is -0.133. The zero-order chi connectivity index (χ0) is 13.9. The van der Waals surface area contributed by atoms with E-state index in [1.165, 1.54) is 10.9 Å². The first-order valence-electron chi connectivity index (χ1n) is 7.24. The van der Waals surface area contributed by atoms with Gasteiger partial charge in [0, 0.05) is 37.8 Å². The van der Waals surface area contributed by atoms with Crippen molar-refractivity contribution in [2.24, 2.45) is 0 Å². The third-order valence-electron chi connectivity index (χ3n) is 4.06. The van der Waals surface area contributed by atoms with Crippen LogP contribution in [0.1, 0.15) is 19.3 Å². The van der Waals surface area contributed by atoms with Crippen LogP contribution in [0.15, 0.2) is 36.5 Å². The first-order chi connectivity index (χ1) is 9.74. The molecule has 106 valence electrons. The summed E-state index contributed by atoms with van der Waals surface area (Å²) in [6.45, 7) is 2.09. The third-order valence-corrected chi connectivity index (χ3v) is 4.06. The summed E-state index contributed by atoms with van der Waals surface area (Å²) in [7, 11) is 0. The second-order valence-corrected chi connectivity index (χ2v) is 5.43. The molecule has 0 aliphatic carbocycles. The van der Waals surface area contributed by atoms with Gasteiger partial charge in [-0.1, -0.05) is 18.2 Å². The standard InChI is InChI=1S/C16H20N2O2/c19-14-6-10-18(11-7-14)16(20)8-12-17-9-5-13-3-1-2-4-15(13)17/h1-5,9,14,19H,6-8,10-12H2. The van der Waals surface area contributed by atoms with E-state index >= 15 is 0 Å². The Labute approximate surface area is 118 Å². The van der Waals surface area contributed by atoms with E-state index in [0.717, 1.165) is 0 Å². The quantitative estimate of drug-likeness (QED) is 0.929. The number of hydrogen-bond acceptors (Lipinski definition) is 2. The number of hydrogen-bond donors (Lipinski definition) is 1. The van der Waals surface area contributed by atoms with Gasteiger partial charge in [0.05, 0.1) is 6.10 Å². The van der Waals surface area contributed by atoms with Crippen LogP contribution in [0.3, 0.4) is 0 Å². The maximum Gasteiger partial charge on any atom is 0.224 e. The van der Waals surface area contributed by atoms with E-state index in [1.54, 1.807) is 0 Å². The minimum Gasteiger partial charge on any atom is -0.393 e. The molecule has 0 atom stereocenters. The van der Waals surface area contributed by atoms with Crippen LogP contribution in [0.2, 0.25) is 0 Å². The largest absolute Gasteiger partial charge is 0.393 e. The van der Waals surface area contributed by atoms with Crippen LogP contribution < -0.4 is 0 Å². The van der Waals surface area contributed by atoms with Crippen LogP contribution in [-0.2, 0) is 11.3 Å². The molecule has 1 saturated heterocycles. The van der Waals surface area contributed by atoms with Gasteiger partial charge in [-0.15, -0.1) is 0 Å². The molecule has 2 heterocycles. The van der Waals surface area contributed by atoms with Crippen molar-refractivity contribution in [3.63, 3.8) is 0 Å². The second-order valence-electron chi connectivity index (χ2n) is 5.43. The number of piperidine rings is 1. The van der Waals surface area contributed by atoms with E-state index in [1.807, 2.05) is 23.2 Å². The molecule has 2 aromatic rings. The molecule has 4 heteroatoms. The van der Waals surface area contributed by atoms with Gasteiger partial charge in [0.25, 0.3) is 0 Å². The highest BCUT2D eigenvalue weighted by Crippen LogP contribution is 2.16. The minimum absolute atomic E-state index is 0.190. The number of aromatic nitrogens is 1. The fourth-order valence-electron chi connectivity index (χ4n) is 2.83. The molecule has 0 radical (unpaired) electrons. The van der Waals surface area contributed by atoms with Crippen LogP contribution in [0, 0.1) is 0 Å². The summed E-state index contributed by atoms with van der Waals surface area (Å²) in [5.41, 5.74) is 1.18. The van der Waals surface area contributed by atoms with E-state index in [9.17, 15) is 9.90 Å². The highest BCUT2D eigenvalue weighted by atomic mass is 16.3. The first-order valence-corrected chi connectivity index (χ1v) is 7.24. The van der Waals surface area contributed by atoms with E-state index in [-0.39, 0.29) is 12.0 Å². The lowest BCUT2D eigenvalue weighted by atomic mass is 10.1. The number of nitrogens with zero attached hydrogens (tertiary/aromatic N) is 2. The summed E-state index contributed by atoms with van der Waals surface area (Å²) in [6.07, 6.45) is 3.75. The van der Waals surface area contributed by atoms with Crippen molar-refractivity contribution in [2.45, 2.75) is 31.9 Å². The number of aliphatic hydroxyl groups is 1. The van der Waals surface area contributed by atoms with Crippen molar-refractivity contribution >= 4 is 16.8 Å². The Hall–Kier alpha value is -1.81. The molecule has 1 aromatic heterocycles. The summed E-state index contributed by atoms with van der Waals surface area (Å²) in [4.78, 5) is 14.0. The van der Waals surface area contributed by atoms with Crippen LogP contribution in [-0.4, -0.2) is 39.7 Å². The Balaban J connectivity index is 1.60. The van der Waals surface area contributed by atoms with Crippen LogP contribution in [0.4, 0.5) is 0 Å². The highest BCUT2D eigenvalue weighted by Gasteiger charge is 2.20. The number of benzene rings is 1. The molecule has 1 fully saturated rings. The number of carbonyl (C=O) groups is 1. The molecule has 1 amide bonds. The maximum atomic E-state index is 12.2. The predicted molar refractivity (Wildman–Crippen MR) is 78.4 cm³/mol. The van der Waals surface area contributed by atoms with Gasteiger partial charge < -0.3 is 14.6 Å². The highest BCUT2D eigenvalue weighted by molar-refractivity contribution is 5.80. The van der Waals surface area contributed by atoms with Crippen molar-refractivity contribution in [3.8, 4) is 0 Å². The molecule has 0 saturated carbocycles. The number of rotatable bonds is 3. The van der Waals surface area contributed by atoms with Crippen molar-refractivity contribution in [1.29, 1.82) is 0 Å². The lowest BCUT2D eigenvalue weighted by Gasteiger charge is -2.29. The van der Waals surface area contributed by atoms with Crippen LogP contribution in [0.5, 0.6) is 0 Å². The van der Waals surface area contributed by atoms with Gasteiger partial charge in [0.1, 0.15) is 0 Å². The molecular weight excluding hydrogens is 252 g/mol. The predicted octanol–water partition coefficient (Wildman–Crippen LogP) is 2.01.